The van der Waals surface area contributed by atoms with Crippen molar-refractivity contribution in [3.8, 4) is 5.75 Å². The van der Waals surface area contributed by atoms with E-state index in [4.69, 9.17) is 4.74 Å². The molecule has 0 bridgehead atoms. The predicted molar refractivity (Wildman–Crippen MR) is 93.8 cm³/mol. The van der Waals surface area contributed by atoms with Crippen molar-refractivity contribution in [2.45, 2.75) is 13.0 Å². The zero-order chi connectivity index (χ0) is 17.7. The highest BCUT2D eigenvalue weighted by Gasteiger charge is 2.60. The largest absolute Gasteiger partial charge is 0.493 e. The zero-order valence-electron chi connectivity index (χ0n) is 14.2. The van der Waals surface area contributed by atoms with Crippen LogP contribution in [0.15, 0.2) is 42.6 Å². The normalized spacial score (nSPS) is 24.8. The van der Waals surface area contributed by atoms with E-state index in [1.165, 1.54) is 11.6 Å². The average molecular weight is 355 g/mol. The van der Waals surface area contributed by atoms with Crippen molar-refractivity contribution in [3.05, 3.63) is 59.8 Å². The molecule has 6 heteroatoms. The van der Waals surface area contributed by atoms with E-state index in [1.807, 2.05) is 6.20 Å². The third-order valence-corrected chi connectivity index (χ3v) is 5.70. The fraction of sp³-hybridized carbons (Fsp3) is 0.350. The number of benzene rings is 2. The van der Waals surface area contributed by atoms with Crippen LogP contribution in [0.1, 0.15) is 12.0 Å². The van der Waals surface area contributed by atoms with E-state index in [9.17, 15) is 8.78 Å². The quantitative estimate of drug-likeness (QED) is 0.758. The summed E-state index contributed by atoms with van der Waals surface area (Å²) in [6.45, 7) is 3.50. The molecule has 2 aliphatic rings. The molecule has 1 saturated heterocycles. The van der Waals surface area contributed by atoms with E-state index in [0.29, 0.717) is 18.3 Å². The topological polar surface area (TPSA) is 41.1 Å². The first-order valence-corrected chi connectivity index (χ1v) is 8.84. The monoisotopic (exact) mass is 355 g/mol. The summed E-state index contributed by atoms with van der Waals surface area (Å²) >= 11 is 0. The predicted octanol–water partition coefficient (Wildman–Crippen LogP) is 3.74. The maximum absolute atomic E-state index is 13.3. The van der Waals surface area contributed by atoms with Crippen LogP contribution in [0.25, 0.3) is 10.9 Å². The smallest absolute Gasteiger partial charge is 0.162 e. The summed E-state index contributed by atoms with van der Waals surface area (Å²) in [7, 11) is 0. The third kappa shape index (κ3) is 2.74. The van der Waals surface area contributed by atoms with Crippen LogP contribution in [-0.4, -0.2) is 34.8 Å². The summed E-state index contributed by atoms with van der Waals surface area (Å²) in [5.74, 6) is -0.685. The second-order valence-corrected chi connectivity index (χ2v) is 7.59. The minimum absolute atomic E-state index is 0.157. The van der Waals surface area contributed by atoms with Crippen molar-refractivity contribution in [3.63, 3.8) is 0 Å². The lowest BCUT2D eigenvalue weighted by atomic mass is 10.1. The van der Waals surface area contributed by atoms with E-state index in [1.54, 1.807) is 0 Å². The van der Waals surface area contributed by atoms with Crippen molar-refractivity contribution >= 4 is 10.9 Å². The molecule has 2 fully saturated rings. The number of fused-ring (bicyclic) bond motifs is 2. The fourth-order valence-electron chi connectivity index (χ4n) is 4.19. The molecule has 4 nitrogen and oxygen atoms in total. The Morgan fingerprint density at radius 1 is 1.19 bits per heavy atom. The lowest BCUT2D eigenvalue weighted by molar-refractivity contribution is 0.200. The summed E-state index contributed by atoms with van der Waals surface area (Å²) in [5.41, 5.74) is 2.48. The standard InChI is InChI=1S/C20H19F2N3O/c21-17-3-2-16(6-18(17)22)26-12-20-7-15(20)10-25(11-20)9-13-1-4-19-14(5-13)8-23-24-19/h1-6,8,15H,7,9-12H2,(H,23,24). The fourth-order valence-corrected chi connectivity index (χ4v) is 4.19. The van der Waals surface area contributed by atoms with Crippen molar-refractivity contribution < 1.29 is 13.5 Å². The van der Waals surface area contributed by atoms with Gasteiger partial charge in [0.15, 0.2) is 11.6 Å². The molecule has 5 rings (SSSR count). The Balaban J connectivity index is 1.22. The van der Waals surface area contributed by atoms with Crippen LogP contribution in [0.2, 0.25) is 0 Å². The molecule has 1 aliphatic heterocycles. The van der Waals surface area contributed by atoms with Gasteiger partial charge in [0.1, 0.15) is 5.75 Å². The number of rotatable bonds is 5. The van der Waals surface area contributed by atoms with Crippen molar-refractivity contribution in [2.75, 3.05) is 19.7 Å². The van der Waals surface area contributed by atoms with E-state index >= 15 is 0 Å². The Labute approximate surface area is 149 Å². The zero-order valence-corrected chi connectivity index (χ0v) is 14.2. The number of ether oxygens (including phenoxy) is 1. The van der Waals surface area contributed by atoms with Crippen LogP contribution in [0.4, 0.5) is 8.78 Å². The first-order valence-electron chi connectivity index (χ1n) is 8.84. The van der Waals surface area contributed by atoms with Gasteiger partial charge >= 0.3 is 0 Å². The van der Waals surface area contributed by atoms with E-state index in [2.05, 4.69) is 33.3 Å². The molecule has 3 aromatic rings. The molecule has 2 heterocycles. The number of hydrogen-bond donors (Lipinski definition) is 1. The van der Waals surface area contributed by atoms with Crippen LogP contribution in [0.3, 0.4) is 0 Å². The van der Waals surface area contributed by atoms with Gasteiger partial charge in [-0.25, -0.2) is 8.78 Å². The lowest BCUT2D eigenvalue weighted by Crippen LogP contribution is -2.27. The van der Waals surface area contributed by atoms with Crippen molar-refractivity contribution in [2.24, 2.45) is 11.3 Å². The summed E-state index contributed by atoms with van der Waals surface area (Å²) in [5, 5.41) is 8.16. The Hall–Kier alpha value is -2.47. The number of hydrogen-bond acceptors (Lipinski definition) is 3. The molecule has 134 valence electrons. The molecule has 0 spiro atoms. The van der Waals surface area contributed by atoms with Gasteiger partial charge in [-0.1, -0.05) is 6.07 Å². The second kappa shape index (κ2) is 5.77. The van der Waals surface area contributed by atoms with Crippen LogP contribution in [0.5, 0.6) is 5.75 Å². The first-order chi connectivity index (χ1) is 12.6. The van der Waals surface area contributed by atoms with Gasteiger partial charge in [-0.2, -0.15) is 5.10 Å². The van der Waals surface area contributed by atoms with Gasteiger partial charge in [0.2, 0.25) is 0 Å². The Kier molecular flexibility index (Phi) is 3.50. The summed E-state index contributed by atoms with van der Waals surface area (Å²) < 4.78 is 32.1. The van der Waals surface area contributed by atoms with Crippen LogP contribution in [0, 0.1) is 23.0 Å². The average Bonchev–Trinajstić information content (AvgIpc) is 2.96. The molecule has 26 heavy (non-hydrogen) atoms. The minimum atomic E-state index is -0.866. The van der Waals surface area contributed by atoms with Crippen molar-refractivity contribution in [1.82, 2.24) is 15.1 Å². The van der Waals surface area contributed by atoms with Crippen LogP contribution in [-0.2, 0) is 6.54 Å². The number of aromatic amines is 1. The van der Waals surface area contributed by atoms with Gasteiger partial charge < -0.3 is 4.74 Å². The highest BCUT2D eigenvalue weighted by atomic mass is 19.2. The number of aromatic nitrogens is 2. The number of nitrogens with one attached hydrogen (secondary N) is 1. The molecule has 2 unspecified atom stereocenters. The Morgan fingerprint density at radius 3 is 3.00 bits per heavy atom. The number of likely N-dealkylation sites (tertiary alicyclic amines) is 1. The SMILES string of the molecule is Fc1ccc(OCC23CC2CN(Cc2ccc4[nH]ncc4c2)C3)cc1F. The number of piperidine rings is 1. The maximum Gasteiger partial charge on any atom is 0.162 e. The van der Waals surface area contributed by atoms with Crippen molar-refractivity contribution in [1.29, 1.82) is 0 Å². The molecule has 1 saturated carbocycles. The summed E-state index contributed by atoms with van der Waals surface area (Å²) in [6, 6.07) is 10.1. The molecule has 2 atom stereocenters. The molecular weight excluding hydrogens is 336 g/mol. The molecule has 1 aliphatic carbocycles. The molecule has 0 amide bonds. The Bertz CT molecular complexity index is 973. The number of halogens is 2. The first kappa shape index (κ1) is 15.8. The molecule has 1 aromatic heterocycles. The minimum Gasteiger partial charge on any atom is -0.493 e. The summed E-state index contributed by atoms with van der Waals surface area (Å²) in [4.78, 5) is 2.45. The number of H-pyrrole nitrogens is 1. The maximum atomic E-state index is 13.3. The molecule has 2 aromatic carbocycles. The second-order valence-electron chi connectivity index (χ2n) is 7.59. The van der Waals surface area contributed by atoms with E-state index in [0.717, 1.165) is 49.1 Å². The van der Waals surface area contributed by atoms with Gasteiger partial charge in [0.25, 0.3) is 0 Å². The number of nitrogens with zero attached hydrogens (tertiary/aromatic N) is 2. The lowest BCUT2D eigenvalue weighted by Gasteiger charge is -2.21. The van der Waals surface area contributed by atoms with Crippen LogP contribution < -0.4 is 4.74 Å². The molecule has 0 radical (unpaired) electrons. The third-order valence-electron chi connectivity index (χ3n) is 5.70. The van der Waals surface area contributed by atoms with Gasteiger partial charge in [-0.15, -0.1) is 0 Å². The highest BCUT2D eigenvalue weighted by Crippen LogP contribution is 2.58. The van der Waals surface area contributed by atoms with Crippen LogP contribution >= 0.6 is 0 Å². The Morgan fingerprint density at radius 2 is 2.12 bits per heavy atom. The molecule has 1 N–H and O–H groups in total. The highest BCUT2D eigenvalue weighted by molar-refractivity contribution is 5.78. The van der Waals surface area contributed by atoms with E-state index < -0.39 is 11.6 Å². The van der Waals surface area contributed by atoms with Gasteiger partial charge in [-0.05, 0) is 42.2 Å². The van der Waals surface area contributed by atoms with Gasteiger partial charge in [-0.3, -0.25) is 10.00 Å². The van der Waals surface area contributed by atoms with Gasteiger partial charge in [0.05, 0.1) is 18.3 Å². The van der Waals surface area contributed by atoms with Gasteiger partial charge in [0, 0.05) is 36.5 Å². The van der Waals surface area contributed by atoms with E-state index in [-0.39, 0.29) is 5.41 Å². The summed E-state index contributed by atoms with van der Waals surface area (Å²) in [6.07, 6.45) is 2.99. The molecular formula is C20H19F2N3O.